The van der Waals surface area contributed by atoms with Gasteiger partial charge in [0.05, 0.1) is 17.5 Å². The maximum Gasteiger partial charge on any atom is 0.224 e. The van der Waals surface area contributed by atoms with Crippen molar-refractivity contribution in [2.24, 2.45) is 0 Å². The van der Waals surface area contributed by atoms with Crippen LogP contribution in [-0.4, -0.2) is 34.9 Å². The number of nitrogens with one attached hydrogen (secondary N) is 3. The number of imidazole rings is 1. The van der Waals surface area contributed by atoms with Gasteiger partial charge in [-0.2, -0.15) is 0 Å². The summed E-state index contributed by atoms with van der Waals surface area (Å²) in [4.78, 5) is 31.4. The first-order valence-corrected chi connectivity index (χ1v) is 8.71. The fraction of sp³-hybridized carbons (Fsp3) is 0.250. The van der Waals surface area contributed by atoms with E-state index < -0.39 is 0 Å². The Balaban J connectivity index is 1.32. The van der Waals surface area contributed by atoms with E-state index in [2.05, 4.69) is 20.6 Å². The Labute approximate surface area is 152 Å². The Bertz CT molecular complexity index is 841. The van der Waals surface area contributed by atoms with Gasteiger partial charge in [-0.25, -0.2) is 4.98 Å². The van der Waals surface area contributed by atoms with Gasteiger partial charge in [-0.15, -0.1) is 0 Å². The molecule has 3 aromatic rings. The fourth-order valence-corrected chi connectivity index (χ4v) is 2.69. The minimum Gasteiger partial charge on any atom is -0.354 e. The summed E-state index contributed by atoms with van der Waals surface area (Å²) in [6, 6.07) is 17.4. The summed E-state index contributed by atoms with van der Waals surface area (Å²) in [5, 5.41) is 5.62. The average molecular weight is 350 g/mol. The third-order valence-corrected chi connectivity index (χ3v) is 4.00. The van der Waals surface area contributed by atoms with Crippen molar-refractivity contribution in [2.75, 3.05) is 13.1 Å². The maximum absolute atomic E-state index is 11.9. The number of aromatic amines is 1. The predicted molar refractivity (Wildman–Crippen MR) is 101 cm³/mol. The van der Waals surface area contributed by atoms with Gasteiger partial charge in [0.1, 0.15) is 5.82 Å². The molecule has 0 saturated carbocycles. The minimum atomic E-state index is -0.0530. The molecule has 0 aliphatic rings. The normalized spacial score (nSPS) is 10.6. The molecule has 134 valence electrons. The van der Waals surface area contributed by atoms with Crippen molar-refractivity contribution in [2.45, 2.75) is 19.3 Å². The highest BCUT2D eigenvalue weighted by Gasteiger charge is 2.06. The number of amides is 2. The smallest absolute Gasteiger partial charge is 0.224 e. The number of para-hydroxylation sites is 2. The Morgan fingerprint density at radius 1 is 0.885 bits per heavy atom. The van der Waals surface area contributed by atoms with E-state index in [9.17, 15) is 9.59 Å². The largest absolute Gasteiger partial charge is 0.354 e. The summed E-state index contributed by atoms with van der Waals surface area (Å²) in [5.74, 6) is 0.702. The van der Waals surface area contributed by atoms with Crippen molar-refractivity contribution < 1.29 is 9.59 Å². The zero-order valence-corrected chi connectivity index (χ0v) is 14.5. The summed E-state index contributed by atoms with van der Waals surface area (Å²) in [6.07, 6.45) is 1.26. The number of hydrogen-bond donors (Lipinski definition) is 3. The molecule has 0 aliphatic heterocycles. The molecule has 0 saturated heterocycles. The Kier molecular flexibility index (Phi) is 5.98. The number of H-pyrrole nitrogens is 1. The van der Waals surface area contributed by atoms with Gasteiger partial charge >= 0.3 is 0 Å². The highest BCUT2D eigenvalue weighted by molar-refractivity contribution is 5.79. The van der Waals surface area contributed by atoms with Crippen molar-refractivity contribution in [3.63, 3.8) is 0 Å². The second kappa shape index (κ2) is 8.80. The van der Waals surface area contributed by atoms with Crippen LogP contribution in [0.3, 0.4) is 0 Å². The van der Waals surface area contributed by atoms with Crippen LogP contribution in [-0.2, 0) is 22.4 Å². The van der Waals surface area contributed by atoms with E-state index in [1.165, 1.54) is 0 Å². The molecule has 0 aliphatic carbocycles. The molecule has 0 radical (unpaired) electrons. The van der Waals surface area contributed by atoms with Gasteiger partial charge in [0.2, 0.25) is 11.8 Å². The number of benzene rings is 2. The number of nitrogens with zero attached hydrogens (tertiary/aromatic N) is 1. The lowest BCUT2D eigenvalue weighted by Gasteiger charge is -2.07. The number of fused-ring (bicyclic) bond motifs is 1. The van der Waals surface area contributed by atoms with Crippen molar-refractivity contribution in [1.29, 1.82) is 0 Å². The summed E-state index contributed by atoms with van der Waals surface area (Å²) in [6.45, 7) is 0.835. The summed E-state index contributed by atoms with van der Waals surface area (Å²) in [7, 11) is 0. The molecule has 3 rings (SSSR count). The number of rotatable bonds is 8. The van der Waals surface area contributed by atoms with Crippen molar-refractivity contribution in [3.8, 4) is 0 Å². The highest BCUT2D eigenvalue weighted by Crippen LogP contribution is 2.11. The topological polar surface area (TPSA) is 86.9 Å². The molecule has 0 spiro atoms. The minimum absolute atomic E-state index is 0.0484. The van der Waals surface area contributed by atoms with Crippen LogP contribution < -0.4 is 10.6 Å². The molecule has 2 aromatic carbocycles. The van der Waals surface area contributed by atoms with Crippen LogP contribution in [0.1, 0.15) is 17.8 Å². The molecule has 1 heterocycles. The molecule has 0 bridgehead atoms. The van der Waals surface area contributed by atoms with E-state index in [0.717, 1.165) is 22.4 Å². The van der Waals surface area contributed by atoms with Gasteiger partial charge in [0.15, 0.2) is 0 Å². The highest BCUT2D eigenvalue weighted by atomic mass is 16.2. The first kappa shape index (κ1) is 17.7. The number of aryl methyl sites for hydroxylation is 1. The lowest BCUT2D eigenvalue weighted by atomic mass is 10.1. The Morgan fingerprint density at radius 2 is 1.58 bits per heavy atom. The third-order valence-electron chi connectivity index (χ3n) is 4.00. The summed E-state index contributed by atoms with van der Waals surface area (Å²) in [5.41, 5.74) is 2.85. The van der Waals surface area contributed by atoms with E-state index in [0.29, 0.717) is 32.4 Å². The van der Waals surface area contributed by atoms with E-state index in [1.54, 1.807) is 0 Å². The van der Waals surface area contributed by atoms with Gasteiger partial charge in [0, 0.05) is 25.9 Å². The molecule has 0 unspecified atom stereocenters. The maximum atomic E-state index is 11.9. The first-order valence-electron chi connectivity index (χ1n) is 8.71. The Hall–Kier alpha value is -3.15. The second-order valence-electron chi connectivity index (χ2n) is 6.06. The molecule has 1 aromatic heterocycles. The van der Waals surface area contributed by atoms with Crippen LogP contribution in [0.15, 0.2) is 54.6 Å². The molecule has 0 atom stereocenters. The monoisotopic (exact) mass is 350 g/mol. The zero-order chi connectivity index (χ0) is 18.2. The number of aromatic nitrogens is 2. The molecule has 26 heavy (non-hydrogen) atoms. The standard InChI is InChI=1S/C20H22N4O2/c25-19(11-10-18-23-16-8-4-5-9-17(16)24-18)21-12-13-22-20(26)14-15-6-2-1-3-7-15/h1-9H,10-14H2,(H,21,25)(H,22,26)(H,23,24). The van der Waals surface area contributed by atoms with Crippen molar-refractivity contribution in [3.05, 3.63) is 66.0 Å². The van der Waals surface area contributed by atoms with Crippen molar-refractivity contribution in [1.82, 2.24) is 20.6 Å². The summed E-state index contributed by atoms with van der Waals surface area (Å²) < 4.78 is 0. The number of carbonyl (C=O) groups excluding carboxylic acids is 2. The molecule has 3 N–H and O–H groups in total. The molecule has 6 heteroatoms. The summed E-state index contributed by atoms with van der Waals surface area (Å²) >= 11 is 0. The molecular weight excluding hydrogens is 328 g/mol. The van der Waals surface area contributed by atoms with Crippen LogP contribution in [0, 0.1) is 0 Å². The van der Waals surface area contributed by atoms with E-state index >= 15 is 0 Å². The zero-order valence-electron chi connectivity index (χ0n) is 14.5. The SMILES string of the molecule is O=C(CCc1nc2ccccc2[nH]1)NCCNC(=O)Cc1ccccc1. The van der Waals surface area contributed by atoms with Crippen LogP contribution >= 0.6 is 0 Å². The number of hydrogen-bond acceptors (Lipinski definition) is 3. The fourth-order valence-electron chi connectivity index (χ4n) is 2.69. The van der Waals surface area contributed by atoms with E-state index in [1.807, 2.05) is 54.6 Å². The average Bonchev–Trinajstić information content (AvgIpc) is 3.07. The van der Waals surface area contributed by atoms with Crippen LogP contribution in [0.2, 0.25) is 0 Å². The van der Waals surface area contributed by atoms with Gasteiger partial charge < -0.3 is 15.6 Å². The van der Waals surface area contributed by atoms with Gasteiger partial charge in [-0.1, -0.05) is 42.5 Å². The predicted octanol–water partition coefficient (Wildman–Crippen LogP) is 1.97. The Morgan fingerprint density at radius 3 is 2.35 bits per heavy atom. The lowest BCUT2D eigenvalue weighted by molar-refractivity contribution is -0.122. The van der Waals surface area contributed by atoms with Gasteiger partial charge in [-0.05, 0) is 17.7 Å². The van der Waals surface area contributed by atoms with Gasteiger partial charge in [-0.3, -0.25) is 9.59 Å². The molecular formula is C20H22N4O2. The first-order chi connectivity index (χ1) is 12.7. The van der Waals surface area contributed by atoms with Gasteiger partial charge in [0.25, 0.3) is 0 Å². The lowest BCUT2D eigenvalue weighted by Crippen LogP contribution is -2.35. The third kappa shape index (κ3) is 5.17. The van der Waals surface area contributed by atoms with Crippen LogP contribution in [0.5, 0.6) is 0 Å². The van der Waals surface area contributed by atoms with E-state index in [-0.39, 0.29) is 11.8 Å². The quantitative estimate of drug-likeness (QED) is 0.543. The van der Waals surface area contributed by atoms with Crippen LogP contribution in [0.4, 0.5) is 0 Å². The molecule has 2 amide bonds. The molecule has 0 fully saturated rings. The van der Waals surface area contributed by atoms with E-state index in [4.69, 9.17) is 0 Å². The van der Waals surface area contributed by atoms with Crippen LogP contribution in [0.25, 0.3) is 11.0 Å². The van der Waals surface area contributed by atoms with Crippen molar-refractivity contribution >= 4 is 22.8 Å². The molecule has 6 nitrogen and oxygen atoms in total. The number of carbonyl (C=O) groups is 2. The second-order valence-corrected chi connectivity index (χ2v) is 6.06.